The zero-order valence-corrected chi connectivity index (χ0v) is 9.63. The predicted octanol–water partition coefficient (Wildman–Crippen LogP) is 2.44. The van der Waals surface area contributed by atoms with Gasteiger partial charge in [-0.1, -0.05) is 30.3 Å². The van der Waals surface area contributed by atoms with Gasteiger partial charge in [-0.25, -0.2) is 0 Å². The number of benzene rings is 1. The molecule has 0 saturated heterocycles. The summed E-state index contributed by atoms with van der Waals surface area (Å²) >= 11 is 0. The van der Waals surface area contributed by atoms with E-state index >= 15 is 0 Å². The van der Waals surface area contributed by atoms with E-state index in [9.17, 15) is 4.79 Å². The van der Waals surface area contributed by atoms with Crippen LogP contribution in [0.4, 0.5) is 0 Å². The van der Waals surface area contributed by atoms with Gasteiger partial charge < -0.3 is 9.15 Å². The summed E-state index contributed by atoms with van der Waals surface area (Å²) in [5, 5.41) is 8.58. The first-order chi connectivity index (χ1) is 8.78. The van der Waals surface area contributed by atoms with E-state index in [4.69, 9.17) is 14.4 Å². The van der Waals surface area contributed by atoms with Crippen LogP contribution in [-0.2, 0) is 22.6 Å². The van der Waals surface area contributed by atoms with E-state index in [1.807, 2.05) is 36.4 Å². The predicted molar refractivity (Wildman–Crippen MR) is 63.4 cm³/mol. The number of nitrogens with zero attached hydrogens (tertiary/aromatic N) is 1. The van der Waals surface area contributed by atoms with Crippen LogP contribution in [0.2, 0.25) is 0 Å². The molecule has 0 unspecified atom stereocenters. The van der Waals surface area contributed by atoms with Crippen LogP contribution in [0.25, 0.3) is 0 Å². The third kappa shape index (κ3) is 3.22. The lowest BCUT2D eigenvalue weighted by atomic mass is 10.2. The van der Waals surface area contributed by atoms with E-state index in [1.165, 1.54) is 6.07 Å². The number of nitriles is 1. The number of hydrogen-bond acceptors (Lipinski definition) is 4. The first-order valence-corrected chi connectivity index (χ1v) is 5.46. The standard InChI is InChI=1S/C14H11NO3/c15-9-13-7-6-12(18-13)8-14(16)17-10-11-4-2-1-3-5-11/h1-7H,8,10H2. The van der Waals surface area contributed by atoms with Crippen molar-refractivity contribution in [3.8, 4) is 6.07 Å². The van der Waals surface area contributed by atoms with E-state index < -0.39 is 0 Å². The van der Waals surface area contributed by atoms with Gasteiger partial charge >= 0.3 is 5.97 Å². The van der Waals surface area contributed by atoms with Crippen LogP contribution in [0, 0.1) is 11.3 Å². The van der Waals surface area contributed by atoms with Crippen molar-refractivity contribution in [1.82, 2.24) is 0 Å². The molecule has 1 aromatic carbocycles. The second-order valence-corrected chi connectivity index (χ2v) is 3.70. The van der Waals surface area contributed by atoms with Gasteiger partial charge in [0.2, 0.25) is 5.76 Å². The highest BCUT2D eigenvalue weighted by molar-refractivity contribution is 5.71. The molecule has 0 radical (unpaired) electrons. The maximum absolute atomic E-state index is 11.5. The number of rotatable bonds is 4. The van der Waals surface area contributed by atoms with Gasteiger partial charge in [-0.15, -0.1) is 0 Å². The molecule has 90 valence electrons. The zero-order chi connectivity index (χ0) is 12.8. The molecule has 4 nitrogen and oxygen atoms in total. The Morgan fingerprint density at radius 1 is 1.22 bits per heavy atom. The third-order valence-electron chi connectivity index (χ3n) is 2.33. The normalized spacial score (nSPS) is 9.72. The highest BCUT2D eigenvalue weighted by atomic mass is 16.5. The molecule has 0 N–H and O–H groups in total. The monoisotopic (exact) mass is 241 g/mol. The Hall–Kier alpha value is -2.54. The average molecular weight is 241 g/mol. The van der Waals surface area contributed by atoms with Gasteiger partial charge in [0, 0.05) is 0 Å². The smallest absolute Gasteiger partial charge is 0.313 e. The SMILES string of the molecule is N#Cc1ccc(CC(=O)OCc2ccccc2)o1. The number of furan rings is 1. The molecule has 1 heterocycles. The lowest BCUT2D eigenvalue weighted by Gasteiger charge is -2.03. The second kappa shape index (κ2) is 5.69. The largest absolute Gasteiger partial charge is 0.460 e. The number of esters is 1. The van der Waals surface area contributed by atoms with Gasteiger partial charge in [-0.2, -0.15) is 5.26 Å². The molecule has 0 aliphatic carbocycles. The van der Waals surface area contributed by atoms with Crippen LogP contribution >= 0.6 is 0 Å². The minimum absolute atomic E-state index is 0.0362. The summed E-state index contributed by atoms with van der Waals surface area (Å²) in [5.74, 6) is 0.253. The Bertz CT molecular complexity index is 566. The molecule has 0 atom stereocenters. The summed E-state index contributed by atoms with van der Waals surface area (Å²) in [6.07, 6.45) is 0.0362. The van der Waals surface area contributed by atoms with Crippen molar-refractivity contribution in [2.45, 2.75) is 13.0 Å². The van der Waals surface area contributed by atoms with Crippen molar-refractivity contribution in [1.29, 1.82) is 5.26 Å². The Kier molecular flexibility index (Phi) is 3.77. The number of carbonyl (C=O) groups excluding carboxylic acids is 1. The van der Waals surface area contributed by atoms with Crippen molar-refractivity contribution in [3.05, 3.63) is 59.5 Å². The van der Waals surface area contributed by atoms with E-state index in [0.717, 1.165) is 5.56 Å². The number of ether oxygens (including phenoxy) is 1. The minimum atomic E-state index is -0.377. The van der Waals surface area contributed by atoms with Crippen LogP contribution < -0.4 is 0 Å². The molecule has 0 saturated carbocycles. The van der Waals surface area contributed by atoms with Crippen molar-refractivity contribution < 1.29 is 13.9 Å². The van der Waals surface area contributed by atoms with Gasteiger partial charge in [-0.3, -0.25) is 4.79 Å². The van der Waals surface area contributed by atoms with E-state index in [-0.39, 0.29) is 24.8 Å². The molecule has 1 aromatic heterocycles. The molecule has 0 amide bonds. The number of carbonyl (C=O) groups is 1. The third-order valence-corrected chi connectivity index (χ3v) is 2.33. The summed E-state index contributed by atoms with van der Waals surface area (Å²) in [7, 11) is 0. The van der Waals surface area contributed by atoms with Gasteiger partial charge in [0.1, 0.15) is 24.9 Å². The molecule has 2 rings (SSSR count). The average Bonchev–Trinajstić information content (AvgIpc) is 2.85. The fourth-order valence-electron chi connectivity index (χ4n) is 1.46. The summed E-state index contributed by atoms with van der Waals surface area (Å²) in [4.78, 5) is 11.5. The van der Waals surface area contributed by atoms with Crippen LogP contribution in [0.1, 0.15) is 17.1 Å². The highest BCUT2D eigenvalue weighted by Crippen LogP contribution is 2.09. The molecular formula is C14H11NO3. The van der Waals surface area contributed by atoms with E-state index in [0.29, 0.717) is 5.76 Å². The Labute approximate surface area is 104 Å². The molecule has 4 heteroatoms. The van der Waals surface area contributed by atoms with E-state index in [1.54, 1.807) is 6.07 Å². The lowest BCUT2D eigenvalue weighted by Crippen LogP contribution is -2.07. The quantitative estimate of drug-likeness (QED) is 0.771. The summed E-state index contributed by atoms with van der Waals surface area (Å²) in [6.45, 7) is 0.242. The van der Waals surface area contributed by atoms with Gasteiger partial charge in [0.05, 0.1) is 0 Å². The Morgan fingerprint density at radius 2 is 2.00 bits per heavy atom. The van der Waals surface area contributed by atoms with Crippen LogP contribution in [0.3, 0.4) is 0 Å². The lowest BCUT2D eigenvalue weighted by molar-refractivity contribution is -0.144. The van der Waals surface area contributed by atoms with Crippen molar-refractivity contribution in [2.24, 2.45) is 0 Å². The molecule has 18 heavy (non-hydrogen) atoms. The molecule has 0 bridgehead atoms. The Balaban J connectivity index is 1.84. The fraction of sp³-hybridized carbons (Fsp3) is 0.143. The number of hydrogen-bond donors (Lipinski definition) is 0. The topological polar surface area (TPSA) is 63.2 Å². The Morgan fingerprint density at radius 3 is 2.67 bits per heavy atom. The fourth-order valence-corrected chi connectivity index (χ4v) is 1.46. The van der Waals surface area contributed by atoms with Crippen molar-refractivity contribution in [2.75, 3.05) is 0 Å². The first kappa shape index (κ1) is 11.9. The van der Waals surface area contributed by atoms with Crippen molar-refractivity contribution >= 4 is 5.97 Å². The van der Waals surface area contributed by atoms with Crippen LogP contribution in [-0.4, -0.2) is 5.97 Å². The maximum Gasteiger partial charge on any atom is 0.313 e. The first-order valence-electron chi connectivity index (χ1n) is 5.46. The molecule has 0 aliphatic heterocycles. The molecule has 0 fully saturated rings. The van der Waals surface area contributed by atoms with Crippen LogP contribution in [0.5, 0.6) is 0 Å². The van der Waals surface area contributed by atoms with Crippen LogP contribution in [0.15, 0.2) is 46.9 Å². The molecule has 0 aliphatic rings. The van der Waals surface area contributed by atoms with Crippen molar-refractivity contribution in [3.63, 3.8) is 0 Å². The summed E-state index contributed by atoms with van der Waals surface area (Å²) in [5.41, 5.74) is 0.933. The van der Waals surface area contributed by atoms with Gasteiger partial charge in [0.15, 0.2) is 0 Å². The summed E-state index contributed by atoms with van der Waals surface area (Å²) in [6, 6.07) is 14.4. The van der Waals surface area contributed by atoms with E-state index in [2.05, 4.69) is 0 Å². The van der Waals surface area contributed by atoms with Gasteiger partial charge in [-0.05, 0) is 17.7 Å². The maximum atomic E-state index is 11.5. The molecular weight excluding hydrogens is 230 g/mol. The second-order valence-electron chi connectivity index (χ2n) is 3.70. The zero-order valence-electron chi connectivity index (χ0n) is 9.63. The van der Waals surface area contributed by atoms with Gasteiger partial charge in [0.25, 0.3) is 0 Å². The summed E-state index contributed by atoms with van der Waals surface area (Å²) < 4.78 is 10.2. The highest BCUT2D eigenvalue weighted by Gasteiger charge is 2.09. The molecule has 2 aromatic rings. The minimum Gasteiger partial charge on any atom is -0.460 e. The molecule has 0 spiro atoms.